The quantitative estimate of drug-likeness (QED) is 0.635. The Morgan fingerprint density at radius 3 is 1.87 bits per heavy atom. The fourth-order valence-electron chi connectivity index (χ4n) is 1.86. The number of aromatic hydroxyl groups is 1. The molecule has 0 amide bonds. The Morgan fingerprint density at radius 2 is 1.40 bits per heavy atom. The smallest absolute Gasteiger partial charge is 0.227 e. The van der Waals surface area contributed by atoms with Crippen LogP contribution in [0.3, 0.4) is 0 Å². The van der Waals surface area contributed by atoms with E-state index in [4.69, 9.17) is 5.11 Å². The summed E-state index contributed by atoms with van der Waals surface area (Å²) in [5.74, 6) is 0.0398. The van der Waals surface area contributed by atoms with Gasteiger partial charge in [0, 0.05) is 5.56 Å². The van der Waals surface area contributed by atoms with E-state index in [1.165, 1.54) is 44.9 Å². The third-order valence-corrected chi connectivity index (χ3v) is 2.99. The molecule has 0 aliphatic rings. The largest absolute Gasteiger partial charge is 0.504 e. The zero-order chi connectivity index (χ0) is 11.1. The van der Waals surface area contributed by atoms with Crippen molar-refractivity contribution in [3.8, 4) is 5.75 Å². The molecule has 0 aliphatic carbocycles. The van der Waals surface area contributed by atoms with Gasteiger partial charge < -0.3 is 5.11 Å². The summed E-state index contributed by atoms with van der Waals surface area (Å²) in [7, 11) is 0. The van der Waals surface area contributed by atoms with Gasteiger partial charge in [0.1, 0.15) is 0 Å². The molecule has 1 N–H and O–H groups in total. The number of hydrogen-bond acceptors (Lipinski definition) is 2. The Bertz CT molecular complexity index is 282. The predicted octanol–water partition coefficient (Wildman–Crippen LogP) is 3.31. The second-order valence-corrected chi connectivity index (χ2v) is 4.38. The van der Waals surface area contributed by atoms with Crippen LogP contribution in [0.2, 0.25) is 0 Å². The Hall–Kier alpha value is -0.790. The molecule has 1 aromatic carbocycles. The van der Waals surface area contributed by atoms with Gasteiger partial charge in [0.2, 0.25) is 5.43 Å². The average molecular weight is 210 g/mol. The molecule has 1 aromatic rings. The van der Waals surface area contributed by atoms with Crippen molar-refractivity contribution in [2.45, 2.75) is 64.7 Å². The van der Waals surface area contributed by atoms with Crippen LogP contribution in [0.5, 0.6) is 5.75 Å². The molecule has 0 fully saturated rings. The molecule has 2 heteroatoms. The first kappa shape index (κ1) is 12.3. The predicted molar refractivity (Wildman–Crippen MR) is 63.1 cm³/mol. The van der Waals surface area contributed by atoms with Crippen molar-refractivity contribution in [1.82, 2.24) is 0 Å². The molecule has 0 saturated heterocycles. The van der Waals surface area contributed by atoms with Gasteiger partial charge in [-0.1, -0.05) is 51.9 Å². The highest BCUT2D eigenvalue weighted by Gasteiger charge is 2.19. The molecule has 0 aromatic heterocycles. The zero-order valence-corrected chi connectivity index (χ0v) is 9.72. The van der Waals surface area contributed by atoms with Crippen LogP contribution in [0.25, 0.3) is 0 Å². The van der Waals surface area contributed by atoms with E-state index in [-0.39, 0.29) is 11.2 Å². The lowest BCUT2D eigenvalue weighted by Gasteiger charge is -1.99. The number of hydrogen-bond donors (Lipinski definition) is 1. The molecule has 0 bridgehead atoms. The average Bonchev–Trinajstić information content (AvgIpc) is 2.80. The fourth-order valence-corrected chi connectivity index (χ4v) is 1.86. The highest BCUT2D eigenvalue weighted by atomic mass is 16.3. The normalized spacial score (nSPS) is 11.3. The van der Waals surface area contributed by atoms with Crippen LogP contribution in [0.1, 0.15) is 63.9 Å². The molecule has 0 saturated carbocycles. The van der Waals surface area contributed by atoms with E-state index in [1.807, 2.05) is 0 Å². The molecule has 0 spiro atoms. The first-order valence-electron chi connectivity index (χ1n) is 6.24. The summed E-state index contributed by atoms with van der Waals surface area (Å²) < 4.78 is 0. The lowest BCUT2D eigenvalue weighted by atomic mass is 10.1. The minimum Gasteiger partial charge on any atom is -0.504 e. The summed E-state index contributed by atoms with van der Waals surface area (Å²) >= 11 is 0. The van der Waals surface area contributed by atoms with Gasteiger partial charge in [-0.2, -0.15) is 0 Å². The summed E-state index contributed by atoms with van der Waals surface area (Å²) in [6, 6.07) is 0. The zero-order valence-electron chi connectivity index (χ0n) is 9.72. The molecule has 1 rings (SSSR count). The fraction of sp³-hybridized carbons (Fsp3) is 0.769. The van der Waals surface area contributed by atoms with Crippen molar-refractivity contribution in [3.63, 3.8) is 0 Å². The first-order valence-corrected chi connectivity index (χ1v) is 6.24. The number of rotatable bonds is 9. The highest BCUT2D eigenvalue weighted by Crippen LogP contribution is 2.20. The van der Waals surface area contributed by atoms with Crippen LogP contribution >= 0.6 is 0 Å². The Balaban J connectivity index is 1.82. The van der Waals surface area contributed by atoms with Gasteiger partial charge >= 0.3 is 0 Å². The third kappa shape index (κ3) is 4.50. The van der Waals surface area contributed by atoms with Crippen LogP contribution < -0.4 is 5.43 Å². The van der Waals surface area contributed by atoms with Gasteiger partial charge in [0.25, 0.3) is 0 Å². The van der Waals surface area contributed by atoms with Crippen molar-refractivity contribution >= 4 is 0 Å². The molecule has 86 valence electrons. The van der Waals surface area contributed by atoms with E-state index < -0.39 is 0 Å². The van der Waals surface area contributed by atoms with E-state index in [2.05, 4.69) is 6.92 Å². The monoisotopic (exact) mass is 210 g/mol. The highest BCUT2D eigenvalue weighted by molar-refractivity contribution is 5.44. The van der Waals surface area contributed by atoms with Crippen molar-refractivity contribution in [2.75, 3.05) is 0 Å². The maximum atomic E-state index is 10.7. The van der Waals surface area contributed by atoms with Gasteiger partial charge in [-0.25, -0.2) is 0 Å². The van der Waals surface area contributed by atoms with Crippen molar-refractivity contribution in [1.29, 1.82) is 0 Å². The Labute approximate surface area is 92.0 Å². The third-order valence-electron chi connectivity index (χ3n) is 2.99. The SMILES string of the molecule is CCCCCCCCCCc1c(O)c1=O. The lowest BCUT2D eigenvalue weighted by Crippen LogP contribution is -1.85. The second kappa shape index (κ2) is 6.65. The Morgan fingerprint density at radius 1 is 0.933 bits per heavy atom. The molecule has 15 heavy (non-hydrogen) atoms. The van der Waals surface area contributed by atoms with Crippen molar-refractivity contribution < 1.29 is 5.11 Å². The van der Waals surface area contributed by atoms with Gasteiger partial charge in [0.15, 0.2) is 5.75 Å². The maximum absolute atomic E-state index is 10.7. The summed E-state index contributed by atoms with van der Waals surface area (Å²) in [6.07, 6.45) is 11.0. The van der Waals surface area contributed by atoms with Crippen LogP contribution in [0.4, 0.5) is 0 Å². The summed E-state index contributed by atoms with van der Waals surface area (Å²) in [4.78, 5) is 10.7. The van der Waals surface area contributed by atoms with E-state index >= 15 is 0 Å². The maximum Gasteiger partial charge on any atom is 0.227 e. The minimum atomic E-state index is -0.0991. The van der Waals surface area contributed by atoms with E-state index in [0.29, 0.717) is 5.56 Å². The molecular weight excluding hydrogens is 188 g/mol. The second-order valence-electron chi connectivity index (χ2n) is 4.38. The van der Waals surface area contributed by atoms with E-state index in [0.717, 1.165) is 12.8 Å². The molecular formula is C13H22O2. The summed E-state index contributed by atoms with van der Waals surface area (Å²) in [5, 5.41) is 8.92. The van der Waals surface area contributed by atoms with E-state index in [9.17, 15) is 4.79 Å². The van der Waals surface area contributed by atoms with Crippen LogP contribution in [-0.2, 0) is 6.42 Å². The first-order chi connectivity index (χ1) is 7.27. The standard InChI is InChI=1S/C13H22O2/c1-2-3-4-5-6-7-8-9-10-11-12(14)13(11)15/h14H,2-10H2,1H3. The summed E-state index contributed by atoms with van der Waals surface area (Å²) in [6.45, 7) is 2.23. The molecule has 0 heterocycles. The van der Waals surface area contributed by atoms with Crippen LogP contribution in [-0.4, -0.2) is 5.11 Å². The summed E-state index contributed by atoms with van der Waals surface area (Å²) in [5.41, 5.74) is 0.582. The molecule has 2 nitrogen and oxygen atoms in total. The van der Waals surface area contributed by atoms with Crippen LogP contribution in [0.15, 0.2) is 4.79 Å². The molecule has 0 atom stereocenters. The molecule has 0 aliphatic heterocycles. The molecule has 0 radical (unpaired) electrons. The lowest BCUT2D eigenvalue weighted by molar-refractivity contribution is 0.484. The van der Waals surface area contributed by atoms with Crippen molar-refractivity contribution in [2.24, 2.45) is 0 Å². The van der Waals surface area contributed by atoms with Crippen molar-refractivity contribution in [3.05, 3.63) is 15.8 Å². The van der Waals surface area contributed by atoms with E-state index in [1.54, 1.807) is 0 Å². The number of unbranched alkanes of at least 4 members (excludes halogenated alkanes) is 7. The minimum absolute atomic E-state index is 0.0398. The van der Waals surface area contributed by atoms with Gasteiger partial charge in [-0.3, -0.25) is 4.79 Å². The Kier molecular flexibility index (Phi) is 5.44. The molecule has 0 unspecified atom stereocenters. The van der Waals surface area contributed by atoms with Gasteiger partial charge in [0.05, 0.1) is 0 Å². The van der Waals surface area contributed by atoms with Crippen LogP contribution in [0, 0.1) is 0 Å². The van der Waals surface area contributed by atoms with Gasteiger partial charge in [-0.05, 0) is 12.8 Å². The topological polar surface area (TPSA) is 37.3 Å². The van der Waals surface area contributed by atoms with Gasteiger partial charge in [-0.15, -0.1) is 0 Å².